The number of nitrogens with two attached hydrogens (primary N) is 1. The first-order valence-corrected chi connectivity index (χ1v) is 20.4. The lowest BCUT2D eigenvalue weighted by molar-refractivity contribution is -0.133. The zero-order valence-electron chi connectivity index (χ0n) is 30.8. The van der Waals surface area contributed by atoms with Crippen molar-refractivity contribution in [2.75, 3.05) is 13.1 Å². The van der Waals surface area contributed by atoms with Crippen molar-refractivity contribution in [2.45, 2.75) is 232 Å². The van der Waals surface area contributed by atoms with Crippen LogP contribution in [0, 0.1) is 0 Å². The molecule has 0 spiro atoms. The molecule has 0 aromatic rings. The Morgan fingerprint density at radius 3 is 0.889 bits per heavy atom. The van der Waals surface area contributed by atoms with Gasteiger partial charge in [0.15, 0.2) is 0 Å². The van der Waals surface area contributed by atoms with E-state index in [0.29, 0.717) is 0 Å². The van der Waals surface area contributed by atoms with Gasteiger partial charge in [0.1, 0.15) is 0 Å². The van der Waals surface area contributed by atoms with Gasteiger partial charge >= 0.3 is 0 Å². The van der Waals surface area contributed by atoms with Crippen LogP contribution in [0.15, 0.2) is 0 Å². The van der Waals surface area contributed by atoms with Crippen LogP contribution in [0.2, 0.25) is 0 Å². The predicted molar refractivity (Wildman–Crippen MR) is 197 cm³/mol. The fourth-order valence-electron chi connectivity index (χ4n) is 6.51. The lowest BCUT2D eigenvalue weighted by atomic mass is 10.0. The number of amides is 2. The van der Waals surface area contributed by atoms with Gasteiger partial charge in [0, 0.05) is 25.9 Å². The monoisotopic (exact) mass is 636 g/mol. The van der Waals surface area contributed by atoms with Crippen LogP contribution in [-0.4, -0.2) is 29.8 Å². The summed E-state index contributed by atoms with van der Waals surface area (Å²) in [6, 6.07) is 0. The summed E-state index contributed by atoms with van der Waals surface area (Å²) in [4.78, 5) is 26.4. The minimum absolute atomic E-state index is 0.112. The Kier molecular flexibility index (Phi) is 36.4. The molecule has 268 valence electrons. The maximum Gasteiger partial charge on any atom is 0.234 e. The first-order valence-electron chi connectivity index (χ1n) is 20.4. The number of hydrogen-bond acceptors (Lipinski definition) is 3. The molecule has 0 radical (unpaired) electrons. The number of nitrogens with one attached hydrogen (secondary N) is 1. The second-order valence-electron chi connectivity index (χ2n) is 14.1. The third-order valence-electron chi connectivity index (χ3n) is 9.64. The van der Waals surface area contributed by atoms with Crippen molar-refractivity contribution in [3.63, 3.8) is 0 Å². The predicted octanol–water partition coefficient (Wildman–Crippen LogP) is 12.1. The zero-order valence-corrected chi connectivity index (χ0v) is 30.8. The molecule has 3 N–H and O–H groups in total. The molecule has 0 aromatic heterocycles. The van der Waals surface area contributed by atoms with Gasteiger partial charge in [0.25, 0.3) is 0 Å². The Morgan fingerprint density at radius 2 is 0.644 bits per heavy atom. The molecule has 0 aliphatic rings. The summed E-state index contributed by atoms with van der Waals surface area (Å²) in [6.07, 6.45) is 43.9. The van der Waals surface area contributed by atoms with E-state index in [1.807, 2.05) is 4.90 Å². The molecule has 0 heterocycles. The molecule has 0 saturated carbocycles. The van der Waals surface area contributed by atoms with E-state index in [0.717, 1.165) is 25.9 Å². The molecule has 5 nitrogen and oxygen atoms in total. The third kappa shape index (κ3) is 34.1. The van der Waals surface area contributed by atoms with Crippen molar-refractivity contribution in [1.29, 1.82) is 0 Å². The van der Waals surface area contributed by atoms with Crippen LogP contribution in [0.5, 0.6) is 0 Å². The topological polar surface area (TPSA) is 75.4 Å². The van der Waals surface area contributed by atoms with Crippen LogP contribution in [0.4, 0.5) is 0 Å². The fourth-order valence-corrected chi connectivity index (χ4v) is 6.51. The Labute approximate surface area is 282 Å². The Balaban J connectivity index is 3.83. The summed E-state index contributed by atoms with van der Waals surface area (Å²) >= 11 is 0. The number of rotatable bonds is 37. The number of hydrazine groups is 1. The summed E-state index contributed by atoms with van der Waals surface area (Å²) in [6.45, 7) is 6.24. The van der Waals surface area contributed by atoms with Crippen LogP contribution in [-0.2, 0) is 9.59 Å². The molecule has 0 rings (SSSR count). The first kappa shape index (κ1) is 43.9. The molecule has 5 heteroatoms. The highest BCUT2D eigenvalue weighted by Crippen LogP contribution is 2.16. The van der Waals surface area contributed by atoms with Crippen molar-refractivity contribution >= 4 is 11.8 Å². The van der Waals surface area contributed by atoms with Gasteiger partial charge < -0.3 is 4.90 Å². The molecular weight excluding hydrogens is 554 g/mol. The van der Waals surface area contributed by atoms with E-state index in [4.69, 9.17) is 5.84 Å². The van der Waals surface area contributed by atoms with E-state index in [1.165, 1.54) is 193 Å². The average Bonchev–Trinajstić information content (AvgIpc) is 3.05. The van der Waals surface area contributed by atoms with Gasteiger partial charge in [-0.3, -0.25) is 15.0 Å². The molecule has 45 heavy (non-hydrogen) atoms. The summed E-state index contributed by atoms with van der Waals surface area (Å²) in [5.74, 6) is 5.07. The average molecular weight is 636 g/mol. The van der Waals surface area contributed by atoms with E-state index in [9.17, 15) is 9.59 Å². The number of carbonyl (C=O) groups is 2. The van der Waals surface area contributed by atoms with Crippen LogP contribution >= 0.6 is 0 Å². The van der Waals surface area contributed by atoms with Gasteiger partial charge in [-0.1, -0.05) is 206 Å². The maximum absolute atomic E-state index is 12.9. The smallest absolute Gasteiger partial charge is 0.234 e. The molecule has 0 aliphatic carbocycles. The lowest BCUT2D eigenvalue weighted by Crippen LogP contribution is -2.35. The molecule has 0 unspecified atom stereocenters. The number of unbranched alkanes of at least 4 members (excludes halogenated alkanes) is 30. The summed E-state index contributed by atoms with van der Waals surface area (Å²) in [5.41, 5.74) is 2.15. The highest BCUT2D eigenvalue weighted by Gasteiger charge is 2.14. The normalized spacial score (nSPS) is 11.3. The van der Waals surface area contributed by atoms with Gasteiger partial charge in [-0.05, 0) is 12.8 Å². The van der Waals surface area contributed by atoms with E-state index in [1.54, 1.807) is 0 Å². The molecule has 2 amide bonds. The minimum atomic E-state index is -0.256. The lowest BCUT2D eigenvalue weighted by Gasteiger charge is -2.23. The van der Waals surface area contributed by atoms with E-state index in [2.05, 4.69) is 19.3 Å². The molecule has 0 atom stereocenters. The Bertz CT molecular complexity index is 576. The molecule has 0 aliphatic heterocycles. The van der Waals surface area contributed by atoms with E-state index >= 15 is 0 Å². The van der Waals surface area contributed by atoms with Crippen LogP contribution in [0.25, 0.3) is 0 Å². The third-order valence-corrected chi connectivity index (χ3v) is 9.64. The van der Waals surface area contributed by atoms with E-state index < -0.39 is 0 Å². The highest BCUT2D eigenvalue weighted by atomic mass is 16.2. The molecule has 0 aromatic carbocycles. The standard InChI is InChI=1S/C40H81N3O2/c1-3-5-7-9-11-13-15-17-19-21-23-25-27-29-31-33-37-43(40(45)36-35-39(44)42-41)38-34-32-30-28-26-24-22-20-18-16-14-12-10-8-6-4-2/h3-38,41H2,1-2H3,(H,42,44). The first-order chi connectivity index (χ1) is 22.2. The van der Waals surface area contributed by atoms with Crippen molar-refractivity contribution in [2.24, 2.45) is 5.84 Å². The summed E-state index contributed by atoms with van der Waals surface area (Å²) in [5, 5.41) is 0. The van der Waals surface area contributed by atoms with Gasteiger partial charge in [-0.25, -0.2) is 5.84 Å². The second-order valence-corrected chi connectivity index (χ2v) is 14.1. The quantitative estimate of drug-likeness (QED) is 0.0308. The molecule has 0 saturated heterocycles. The van der Waals surface area contributed by atoms with Gasteiger partial charge in [-0.2, -0.15) is 0 Å². The van der Waals surface area contributed by atoms with Crippen LogP contribution in [0.1, 0.15) is 232 Å². The highest BCUT2D eigenvalue weighted by molar-refractivity contribution is 5.83. The number of carbonyl (C=O) groups excluding carboxylic acids is 2. The molecule has 0 bridgehead atoms. The van der Waals surface area contributed by atoms with Crippen molar-refractivity contribution < 1.29 is 9.59 Å². The Hall–Kier alpha value is -1.10. The zero-order chi connectivity index (χ0) is 32.9. The van der Waals surface area contributed by atoms with Gasteiger partial charge in [0.2, 0.25) is 11.8 Å². The summed E-state index contributed by atoms with van der Waals surface area (Å²) < 4.78 is 0. The minimum Gasteiger partial charge on any atom is -0.343 e. The van der Waals surface area contributed by atoms with Crippen molar-refractivity contribution in [3.05, 3.63) is 0 Å². The van der Waals surface area contributed by atoms with E-state index in [-0.39, 0.29) is 24.7 Å². The molecule has 0 fully saturated rings. The van der Waals surface area contributed by atoms with Crippen LogP contribution < -0.4 is 11.3 Å². The molecular formula is C40H81N3O2. The van der Waals surface area contributed by atoms with Gasteiger partial charge in [0.05, 0.1) is 0 Å². The maximum atomic E-state index is 12.9. The summed E-state index contributed by atoms with van der Waals surface area (Å²) in [7, 11) is 0. The largest absolute Gasteiger partial charge is 0.343 e. The van der Waals surface area contributed by atoms with Gasteiger partial charge in [-0.15, -0.1) is 0 Å². The van der Waals surface area contributed by atoms with Crippen LogP contribution in [0.3, 0.4) is 0 Å². The number of hydrogen-bond donors (Lipinski definition) is 2. The van der Waals surface area contributed by atoms with Crippen molar-refractivity contribution in [1.82, 2.24) is 10.3 Å². The SMILES string of the molecule is CCCCCCCCCCCCCCCCCCN(CCCCCCCCCCCCCCCCCC)C(=O)CCC(=O)NN. The second kappa shape index (κ2) is 37.4. The number of nitrogens with zero attached hydrogens (tertiary/aromatic N) is 1. The van der Waals surface area contributed by atoms with Crippen molar-refractivity contribution in [3.8, 4) is 0 Å². The fraction of sp³-hybridized carbons (Fsp3) is 0.950. The Morgan fingerprint density at radius 1 is 0.400 bits per heavy atom.